The fourth-order valence-electron chi connectivity index (χ4n) is 4.99. The first-order valence-corrected chi connectivity index (χ1v) is 11.5. The van der Waals surface area contributed by atoms with Crippen molar-refractivity contribution in [2.45, 2.75) is 76.7 Å². The number of benzene rings is 1. The molecule has 2 fully saturated rings. The molecule has 2 aromatic rings. The first-order valence-electron chi connectivity index (χ1n) is 11.5. The van der Waals surface area contributed by atoms with Crippen LogP contribution in [0, 0.1) is 0 Å². The fourth-order valence-corrected chi connectivity index (χ4v) is 4.99. The molecular formula is C23H31F3N4O2. The molecule has 32 heavy (non-hydrogen) atoms. The van der Waals surface area contributed by atoms with Gasteiger partial charge in [0.05, 0.1) is 5.56 Å². The third kappa shape index (κ3) is 4.87. The average molecular weight is 453 g/mol. The van der Waals surface area contributed by atoms with E-state index in [1.54, 1.807) is 4.90 Å². The summed E-state index contributed by atoms with van der Waals surface area (Å²) < 4.78 is 44.7. The lowest BCUT2D eigenvalue weighted by atomic mass is 9.97. The first kappa shape index (κ1) is 22.9. The van der Waals surface area contributed by atoms with Crippen molar-refractivity contribution in [1.29, 1.82) is 0 Å². The SMILES string of the molecule is C[C@@H]1CCC[C@H](C)N1CCNC(=O)[C@@H]1CCCCN1c1nc2ccc(C(F)(F)F)cc2o1. The van der Waals surface area contributed by atoms with E-state index >= 15 is 0 Å². The number of carbonyl (C=O) groups excluding carboxylic acids is 1. The van der Waals surface area contributed by atoms with Crippen molar-refractivity contribution >= 4 is 23.0 Å². The molecule has 0 aliphatic carbocycles. The van der Waals surface area contributed by atoms with Crippen molar-refractivity contribution in [2.24, 2.45) is 0 Å². The monoisotopic (exact) mass is 452 g/mol. The second kappa shape index (κ2) is 9.29. The number of nitrogens with one attached hydrogen (secondary N) is 1. The standard InChI is InChI=1S/C23H31F3N4O2/c1-15-6-5-7-16(2)29(15)13-11-27-21(31)19-8-3-4-12-30(19)22-28-18-10-9-17(23(24,25)26)14-20(18)32-22/h9-10,14-16,19H,3-8,11-13H2,1-2H3,(H,27,31)/t15-,16+,19-/m0/s1. The van der Waals surface area contributed by atoms with Crippen molar-refractivity contribution in [3.8, 4) is 0 Å². The molecule has 0 radical (unpaired) electrons. The zero-order valence-corrected chi connectivity index (χ0v) is 18.6. The number of likely N-dealkylation sites (tertiary alicyclic amines) is 1. The molecule has 4 rings (SSSR count). The lowest BCUT2D eigenvalue weighted by molar-refractivity contribution is -0.137. The van der Waals surface area contributed by atoms with Gasteiger partial charge in [-0.05, 0) is 64.2 Å². The van der Waals surface area contributed by atoms with Gasteiger partial charge in [0.2, 0.25) is 5.91 Å². The Kier molecular flexibility index (Phi) is 6.65. The number of piperidine rings is 2. The molecule has 1 aromatic carbocycles. The molecule has 0 spiro atoms. The molecule has 9 heteroatoms. The van der Waals surface area contributed by atoms with E-state index in [4.69, 9.17) is 4.42 Å². The lowest BCUT2D eigenvalue weighted by Gasteiger charge is -2.39. The van der Waals surface area contributed by atoms with Crippen LogP contribution in [0.3, 0.4) is 0 Å². The first-order chi connectivity index (χ1) is 15.2. The Labute approximate surface area is 186 Å². The summed E-state index contributed by atoms with van der Waals surface area (Å²) in [6, 6.07) is 4.08. The average Bonchev–Trinajstić information content (AvgIpc) is 3.18. The highest BCUT2D eigenvalue weighted by Crippen LogP contribution is 2.34. The van der Waals surface area contributed by atoms with E-state index in [1.165, 1.54) is 25.3 Å². The number of amides is 1. The van der Waals surface area contributed by atoms with E-state index in [0.29, 0.717) is 37.1 Å². The fraction of sp³-hybridized carbons (Fsp3) is 0.652. The molecule has 2 aliphatic rings. The maximum Gasteiger partial charge on any atom is 0.416 e. The summed E-state index contributed by atoms with van der Waals surface area (Å²) in [7, 11) is 0. The molecule has 0 saturated carbocycles. The highest BCUT2D eigenvalue weighted by Gasteiger charge is 2.34. The lowest BCUT2D eigenvalue weighted by Crippen LogP contribution is -2.52. The number of oxazole rings is 1. The number of hydrogen-bond acceptors (Lipinski definition) is 5. The van der Waals surface area contributed by atoms with E-state index in [1.807, 2.05) is 0 Å². The quantitative estimate of drug-likeness (QED) is 0.719. The predicted molar refractivity (Wildman–Crippen MR) is 116 cm³/mol. The van der Waals surface area contributed by atoms with Gasteiger partial charge in [-0.1, -0.05) is 6.42 Å². The van der Waals surface area contributed by atoms with Gasteiger partial charge in [0, 0.05) is 31.7 Å². The summed E-state index contributed by atoms with van der Waals surface area (Å²) in [4.78, 5) is 21.6. The summed E-state index contributed by atoms with van der Waals surface area (Å²) in [6.07, 6.45) is 1.61. The Balaban J connectivity index is 1.43. The van der Waals surface area contributed by atoms with Crippen molar-refractivity contribution in [3.05, 3.63) is 23.8 Å². The van der Waals surface area contributed by atoms with Gasteiger partial charge >= 0.3 is 6.18 Å². The smallest absolute Gasteiger partial charge is 0.416 e. The predicted octanol–water partition coefficient (Wildman–Crippen LogP) is 4.58. The van der Waals surface area contributed by atoms with E-state index in [0.717, 1.165) is 31.5 Å². The highest BCUT2D eigenvalue weighted by atomic mass is 19.4. The number of alkyl halides is 3. The van der Waals surface area contributed by atoms with E-state index in [-0.39, 0.29) is 17.5 Å². The summed E-state index contributed by atoms with van der Waals surface area (Å²) in [6.45, 7) is 6.43. The number of halogens is 3. The van der Waals surface area contributed by atoms with Crippen LogP contribution >= 0.6 is 0 Å². The molecule has 1 aromatic heterocycles. The molecule has 176 valence electrons. The van der Waals surface area contributed by atoms with Crippen LogP contribution in [0.25, 0.3) is 11.1 Å². The van der Waals surface area contributed by atoms with Gasteiger partial charge in [-0.25, -0.2) is 0 Å². The van der Waals surface area contributed by atoms with Crippen LogP contribution in [-0.2, 0) is 11.0 Å². The summed E-state index contributed by atoms with van der Waals surface area (Å²) in [5.74, 6) is -0.0831. The number of rotatable bonds is 5. The van der Waals surface area contributed by atoms with Gasteiger partial charge in [-0.2, -0.15) is 18.2 Å². The highest BCUT2D eigenvalue weighted by molar-refractivity contribution is 5.85. The molecule has 2 aliphatic heterocycles. The van der Waals surface area contributed by atoms with Crippen LogP contribution in [0.2, 0.25) is 0 Å². The van der Waals surface area contributed by atoms with Crippen LogP contribution in [0.1, 0.15) is 57.9 Å². The van der Waals surface area contributed by atoms with Gasteiger partial charge in [-0.3, -0.25) is 9.69 Å². The zero-order valence-electron chi connectivity index (χ0n) is 18.6. The zero-order chi connectivity index (χ0) is 22.9. The Bertz CT molecular complexity index is 935. The van der Waals surface area contributed by atoms with E-state index < -0.39 is 17.8 Å². The Hall–Kier alpha value is -2.29. The molecule has 1 N–H and O–H groups in total. The number of anilines is 1. The number of nitrogens with zero attached hydrogens (tertiary/aromatic N) is 3. The maximum absolute atomic E-state index is 13.0. The van der Waals surface area contributed by atoms with Crippen LogP contribution in [-0.4, -0.2) is 53.6 Å². The van der Waals surface area contributed by atoms with Gasteiger partial charge in [0.1, 0.15) is 11.6 Å². The van der Waals surface area contributed by atoms with Gasteiger partial charge in [-0.15, -0.1) is 0 Å². The summed E-state index contributed by atoms with van der Waals surface area (Å²) in [5, 5.41) is 3.06. The van der Waals surface area contributed by atoms with Crippen LogP contribution in [0.4, 0.5) is 19.2 Å². The molecule has 3 heterocycles. The number of hydrogen-bond donors (Lipinski definition) is 1. The van der Waals surface area contributed by atoms with Gasteiger partial charge in [0.25, 0.3) is 6.01 Å². The molecule has 3 atom stereocenters. The molecule has 0 unspecified atom stereocenters. The van der Waals surface area contributed by atoms with Crippen LogP contribution in [0.15, 0.2) is 22.6 Å². The second-order valence-corrected chi connectivity index (χ2v) is 9.04. The Morgan fingerprint density at radius 3 is 2.62 bits per heavy atom. The molecular weight excluding hydrogens is 421 g/mol. The molecule has 1 amide bonds. The number of aromatic nitrogens is 1. The number of carbonyl (C=O) groups is 1. The van der Waals surface area contributed by atoms with Gasteiger partial charge in [0.15, 0.2) is 5.58 Å². The van der Waals surface area contributed by atoms with Gasteiger partial charge < -0.3 is 14.6 Å². The minimum absolute atomic E-state index is 0.0765. The van der Waals surface area contributed by atoms with Crippen molar-refractivity contribution in [3.63, 3.8) is 0 Å². The Morgan fingerprint density at radius 2 is 1.91 bits per heavy atom. The Morgan fingerprint density at radius 1 is 1.16 bits per heavy atom. The van der Waals surface area contributed by atoms with E-state index in [2.05, 4.69) is 29.0 Å². The van der Waals surface area contributed by atoms with Crippen LogP contribution < -0.4 is 10.2 Å². The molecule has 6 nitrogen and oxygen atoms in total. The largest absolute Gasteiger partial charge is 0.423 e. The maximum atomic E-state index is 13.0. The van der Waals surface area contributed by atoms with E-state index in [9.17, 15) is 18.0 Å². The molecule has 2 saturated heterocycles. The normalized spacial score (nSPS) is 25.3. The van der Waals surface area contributed by atoms with Crippen molar-refractivity contribution in [1.82, 2.24) is 15.2 Å². The topological polar surface area (TPSA) is 61.6 Å². The summed E-state index contributed by atoms with van der Waals surface area (Å²) in [5.41, 5.74) is -0.347. The number of fused-ring (bicyclic) bond motifs is 1. The minimum Gasteiger partial charge on any atom is -0.423 e. The molecule has 0 bridgehead atoms. The summed E-state index contributed by atoms with van der Waals surface area (Å²) >= 11 is 0. The van der Waals surface area contributed by atoms with Crippen LogP contribution in [0.5, 0.6) is 0 Å². The minimum atomic E-state index is -4.45. The third-order valence-electron chi connectivity index (χ3n) is 6.80. The third-order valence-corrected chi connectivity index (χ3v) is 6.80. The van der Waals surface area contributed by atoms with Crippen molar-refractivity contribution < 1.29 is 22.4 Å². The second-order valence-electron chi connectivity index (χ2n) is 9.04. The van der Waals surface area contributed by atoms with Crippen molar-refractivity contribution in [2.75, 3.05) is 24.5 Å².